The van der Waals surface area contributed by atoms with E-state index in [2.05, 4.69) is 37.9 Å². The summed E-state index contributed by atoms with van der Waals surface area (Å²) in [5.41, 5.74) is 2.94. The Labute approximate surface area is 152 Å². The Hall–Kier alpha value is -2.96. The molecule has 7 heteroatoms. The van der Waals surface area contributed by atoms with E-state index in [-0.39, 0.29) is 5.78 Å². The Kier molecular flexibility index (Phi) is 4.28. The number of fused-ring (bicyclic) bond motifs is 1. The van der Waals surface area contributed by atoms with Gasteiger partial charge in [-0.3, -0.25) is 4.79 Å². The van der Waals surface area contributed by atoms with Crippen LogP contribution >= 0.6 is 0 Å². The van der Waals surface area contributed by atoms with Crippen LogP contribution in [0.4, 0.5) is 11.5 Å². The third kappa shape index (κ3) is 3.00. The molecule has 0 atom stereocenters. The molecule has 1 aromatic carbocycles. The summed E-state index contributed by atoms with van der Waals surface area (Å²) in [4.78, 5) is 24.9. The van der Waals surface area contributed by atoms with Crippen molar-refractivity contribution in [2.45, 2.75) is 20.3 Å². The largest absolute Gasteiger partial charge is 0.368 e. The fourth-order valence-electron chi connectivity index (χ4n) is 3.35. The number of aromatic nitrogens is 4. The summed E-state index contributed by atoms with van der Waals surface area (Å²) < 4.78 is 1.82. The molecule has 0 amide bonds. The highest BCUT2D eigenvalue weighted by Crippen LogP contribution is 2.22. The average Bonchev–Trinajstić information content (AvgIpc) is 3.16. The van der Waals surface area contributed by atoms with Gasteiger partial charge in [0.05, 0.1) is 0 Å². The minimum absolute atomic E-state index is 0.0997. The molecule has 0 radical (unpaired) electrons. The van der Waals surface area contributed by atoms with Gasteiger partial charge in [0.15, 0.2) is 5.78 Å². The number of anilines is 2. The SMILES string of the molecule is CCc1cc(N2CCN(c3ccc(C(C)=O)cc3)CC2)n2ncnc2n1. The van der Waals surface area contributed by atoms with E-state index < -0.39 is 0 Å². The quantitative estimate of drug-likeness (QED) is 0.672. The van der Waals surface area contributed by atoms with Gasteiger partial charge in [-0.15, -0.1) is 0 Å². The number of carbonyl (C=O) groups is 1. The second-order valence-electron chi connectivity index (χ2n) is 6.51. The Morgan fingerprint density at radius 3 is 2.42 bits per heavy atom. The number of carbonyl (C=O) groups excluding carboxylic acids is 1. The Morgan fingerprint density at radius 1 is 1.08 bits per heavy atom. The van der Waals surface area contributed by atoms with Crippen molar-refractivity contribution in [3.05, 3.63) is 47.9 Å². The molecule has 0 spiro atoms. The van der Waals surface area contributed by atoms with Crippen LogP contribution < -0.4 is 9.80 Å². The van der Waals surface area contributed by atoms with Crippen LogP contribution in [0.5, 0.6) is 0 Å². The van der Waals surface area contributed by atoms with Crippen molar-refractivity contribution >= 4 is 23.1 Å². The predicted octanol–water partition coefficient (Wildman–Crippen LogP) is 2.22. The normalized spacial score (nSPS) is 14.8. The smallest absolute Gasteiger partial charge is 0.254 e. The van der Waals surface area contributed by atoms with E-state index in [4.69, 9.17) is 0 Å². The molecule has 3 heterocycles. The van der Waals surface area contributed by atoms with Gasteiger partial charge in [-0.2, -0.15) is 14.6 Å². The summed E-state index contributed by atoms with van der Waals surface area (Å²) in [5, 5.41) is 4.33. The maximum absolute atomic E-state index is 11.4. The molecule has 1 fully saturated rings. The minimum Gasteiger partial charge on any atom is -0.368 e. The minimum atomic E-state index is 0.0997. The van der Waals surface area contributed by atoms with Crippen LogP contribution in [0.15, 0.2) is 36.7 Å². The fourth-order valence-corrected chi connectivity index (χ4v) is 3.35. The molecule has 4 rings (SSSR count). The van der Waals surface area contributed by atoms with Crippen LogP contribution in [0.25, 0.3) is 5.78 Å². The second-order valence-corrected chi connectivity index (χ2v) is 6.51. The lowest BCUT2D eigenvalue weighted by molar-refractivity contribution is 0.101. The lowest BCUT2D eigenvalue weighted by Gasteiger charge is -2.37. The third-order valence-corrected chi connectivity index (χ3v) is 4.89. The monoisotopic (exact) mass is 350 g/mol. The van der Waals surface area contributed by atoms with Crippen LogP contribution in [-0.4, -0.2) is 51.5 Å². The van der Waals surface area contributed by atoms with Crippen molar-refractivity contribution in [2.75, 3.05) is 36.0 Å². The summed E-state index contributed by atoms with van der Waals surface area (Å²) >= 11 is 0. The number of piperazine rings is 1. The van der Waals surface area contributed by atoms with E-state index in [0.29, 0.717) is 5.78 Å². The van der Waals surface area contributed by atoms with Gasteiger partial charge in [0.1, 0.15) is 12.1 Å². The molecule has 26 heavy (non-hydrogen) atoms. The standard InChI is InChI=1S/C19H22N6O/c1-3-16-12-18(25-19(22-16)20-13-21-25)24-10-8-23(9-11-24)17-6-4-15(5-7-17)14(2)26/h4-7,12-13H,3,8-11H2,1-2H3. The highest BCUT2D eigenvalue weighted by molar-refractivity contribution is 5.94. The second kappa shape index (κ2) is 6.74. The molecule has 1 aliphatic rings. The van der Waals surface area contributed by atoms with Crippen LogP contribution in [0.2, 0.25) is 0 Å². The van der Waals surface area contributed by atoms with Crippen LogP contribution in [0.1, 0.15) is 29.9 Å². The van der Waals surface area contributed by atoms with Gasteiger partial charge in [0.25, 0.3) is 5.78 Å². The maximum Gasteiger partial charge on any atom is 0.254 e. The van der Waals surface area contributed by atoms with E-state index in [0.717, 1.165) is 55.4 Å². The van der Waals surface area contributed by atoms with E-state index in [9.17, 15) is 4.79 Å². The molecule has 3 aromatic rings. The maximum atomic E-state index is 11.4. The first-order valence-electron chi connectivity index (χ1n) is 8.96. The van der Waals surface area contributed by atoms with Crippen molar-refractivity contribution < 1.29 is 4.79 Å². The summed E-state index contributed by atoms with van der Waals surface area (Å²) in [6.45, 7) is 7.32. The first-order valence-corrected chi connectivity index (χ1v) is 8.96. The Bertz CT molecular complexity index is 925. The zero-order valence-corrected chi connectivity index (χ0v) is 15.1. The van der Waals surface area contributed by atoms with E-state index in [1.807, 2.05) is 28.8 Å². The van der Waals surface area contributed by atoms with Gasteiger partial charge in [-0.1, -0.05) is 6.92 Å². The molecule has 2 aromatic heterocycles. The molecule has 0 unspecified atom stereocenters. The predicted molar refractivity (Wildman–Crippen MR) is 101 cm³/mol. The topological polar surface area (TPSA) is 66.6 Å². The number of rotatable bonds is 4. The van der Waals surface area contributed by atoms with Crippen LogP contribution in [0, 0.1) is 0 Å². The zero-order chi connectivity index (χ0) is 18.1. The van der Waals surface area contributed by atoms with Gasteiger partial charge in [0.2, 0.25) is 0 Å². The van der Waals surface area contributed by atoms with Gasteiger partial charge in [0, 0.05) is 49.2 Å². The van der Waals surface area contributed by atoms with Crippen molar-refractivity contribution in [3.63, 3.8) is 0 Å². The summed E-state index contributed by atoms with van der Waals surface area (Å²) in [7, 11) is 0. The number of Topliss-reactive ketones (excluding diaryl/α,β-unsaturated/α-hetero) is 1. The summed E-state index contributed by atoms with van der Waals surface area (Å²) in [6, 6.07) is 9.98. The number of hydrogen-bond acceptors (Lipinski definition) is 6. The molecule has 0 bridgehead atoms. The molecular weight excluding hydrogens is 328 g/mol. The molecule has 0 aliphatic carbocycles. The van der Waals surface area contributed by atoms with E-state index in [1.54, 1.807) is 13.3 Å². The van der Waals surface area contributed by atoms with Crippen molar-refractivity contribution in [1.82, 2.24) is 19.6 Å². The molecule has 0 N–H and O–H groups in total. The lowest BCUT2D eigenvalue weighted by atomic mass is 10.1. The lowest BCUT2D eigenvalue weighted by Crippen LogP contribution is -2.47. The number of benzene rings is 1. The Morgan fingerprint density at radius 2 is 1.77 bits per heavy atom. The number of aryl methyl sites for hydroxylation is 1. The zero-order valence-electron chi connectivity index (χ0n) is 15.1. The average molecular weight is 350 g/mol. The molecular formula is C19H22N6O. The van der Waals surface area contributed by atoms with Crippen molar-refractivity contribution in [2.24, 2.45) is 0 Å². The summed E-state index contributed by atoms with van der Waals surface area (Å²) in [6.07, 6.45) is 2.43. The van der Waals surface area contributed by atoms with Gasteiger partial charge >= 0.3 is 0 Å². The molecule has 0 saturated carbocycles. The molecule has 1 aliphatic heterocycles. The Balaban J connectivity index is 1.52. The highest BCUT2D eigenvalue weighted by Gasteiger charge is 2.21. The number of nitrogens with zero attached hydrogens (tertiary/aromatic N) is 6. The molecule has 7 nitrogen and oxygen atoms in total. The number of hydrogen-bond donors (Lipinski definition) is 0. The van der Waals surface area contributed by atoms with Crippen LogP contribution in [-0.2, 0) is 6.42 Å². The van der Waals surface area contributed by atoms with E-state index in [1.165, 1.54) is 0 Å². The van der Waals surface area contributed by atoms with Crippen molar-refractivity contribution in [1.29, 1.82) is 0 Å². The van der Waals surface area contributed by atoms with E-state index >= 15 is 0 Å². The first-order chi connectivity index (χ1) is 12.7. The third-order valence-electron chi connectivity index (χ3n) is 4.89. The molecule has 1 saturated heterocycles. The van der Waals surface area contributed by atoms with Gasteiger partial charge < -0.3 is 9.80 Å². The van der Waals surface area contributed by atoms with Crippen LogP contribution in [0.3, 0.4) is 0 Å². The highest BCUT2D eigenvalue weighted by atomic mass is 16.1. The van der Waals surface area contributed by atoms with Gasteiger partial charge in [-0.05, 0) is 37.6 Å². The van der Waals surface area contributed by atoms with Crippen molar-refractivity contribution in [3.8, 4) is 0 Å². The van der Waals surface area contributed by atoms with Gasteiger partial charge in [-0.25, -0.2) is 4.98 Å². The first kappa shape index (κ1) is 16.5. The molecule has 134 valence electrons. The fraction of sp³-hybridized carbons (Fsp3) is 0.368. The number of ketones is 1. The summed E-state index contributed by atoms with van der Waals surface area (Å²) in [5.74, 6) is 1.81.